The van der Waals surface area contributed by atoms with Crippen LogP contribution >= 0.6 is 0 Å². The zero-order chi connectivity index (χ0) is 18.5. The van der Waals surface area contributed by atoms with E-state index in [0.29, 0.717) is 12.4 Å². The van der Waals surface area contributed by atoms with Gasteiger partial charge >= 0.3 is 5.69 Å². The second-order valence-electron chi connectivity index (χ2n) is 6.54. The Balaban J connectivity index is 1.41. The van der Waals surface area contributed by atoms with E-state index in [1.165, 1.54) is 19.2 Å². The molecule has 0 radical (unpaired) electrons. The smallest absolute Gasteiger partial charge is 0.330 e. The van der Waals surface area contributed by atoms with E-state index in [2.05, 4.69) is 14.8 Å². The maximum absolute atomic E-state index is 13.2. The predicted octanol–water partition coefficient (Wildman–Crippen LogP) is 0.683. The molecule has 0 saturated carbocycles. The maximum Gasteiger partial charge on any atom is 0.330 e. The van der Waals surface area contributed by atoms with Crippen molar-refractivity contribution in [2.45, 2.75) is 19.4 Å². The molecule has 0 atom stereocenters. The van der Waals surface area contributed by atoms with Crippen molar-refractivity contribution in [2.75, 3.05) is 37.6 Å². The molecule has 1 aliphatic rings. The quantitative estimate of drug-likeness (QED) is 0.559. The first-order chi connectivity index (χ1) is 12.5. The van der Waals surface area contributed by atoms with Crippen LogP contribution in [-0.2, 0) is 13.6 Å². The van der Waals surface area contributed by atoms with E-state index in [-0.39, 0.29) is 11.2 Å². The van der Waals surface area contributed by atoms with E-state index < -0.39 is 5.95 Å². The lowest BCUT2D eigenvalue weighted by atomic mass is 10.2. The molecule has 3 rings (SSSR count). The summed E-state index contributed by atoms with van der Waals surface area (Å²) in [5.74, 6) is 0.247. The molecule has 140 valence electrons. The molecule has 7 nitrogen and oxygen atoms in total. The summed E-state index contributed by atoms with van der Waals surface area (Å²) in [7, 11) is 1.49. The van der Waals surface area contributed by atoms with Gasteiger partial charge in [-0.3, -0.25) is 14.3 Å². The Bertz CT molecular complexity index is 855. The lowest BCUT2D eigenvalue weighted by molar-refractivity contribution is 0.250. The predicted molar refractivity (Wildman–Crippen MR) is 98.0 cm³/mol. The molecule has 2 aromatic heterocycles. The number of hydrogen-bond acceptors (Lipinski definition) is 5. The number of piperazine rings is 1. The first kappa shape index (κ1) is 18.3. The Morgan fingerprint density at radius 3 is 2.50 bits per heavy atom. The molecule has 2 aromatic rings. The average Bonchev–Trinajstić information content (AvgIpc) is 2.65. The van der Waals surface area contributed by atoms with Gasteiger partial charge in [-0.15, -0.1) is 0 Å². The highest BCUT2D eigenvalue weighted by Crippen LogP contribution is 2.14. The van der Waals surface area contributed by atoms with Crippen molar-refractivity contribution in [3.05, 3.63) is 57.2 Å². The van der Waals surface area contributed by atoms with Crippen molar-refractivity contribution in [2.24, 2.45) is 7.05 Å². The van der Waals surface area contributed by atoms with Gasteiger partial charge in [-0.05, 0) is 31.5 Å². The van der Waals surface area contributed by atoms with Crippen LogP contribution in [0, 0.1) is 5.95 Å². The van der Waals surface area contributed by atoms with Gasteiger partial charge in [0.15, 0.2) is 0 Å². The Morgan fingerprint density at radius 2 is 1.77 bits per heavy atom. The second-order valence-corrected chi connectivity index (χ2v) is 6.54. The molecule has 8 heteroatoms. The molecule has 1 fully saturated rings. The van der Waals surface area contributed by atoms with E-state index >= 15 is 0 Å². The van der Waals surface area contributed by atoms with Crippen molar-refractivity contribution in [1.82, 2.24) is 19.0 Å². The normalized spacial score (nSPS) is 15.4. The number of unbranched alkanes of at least 4 members (excludes halogenated alkanes) is 1. The van der Waals surface area contributed by atoms with Gasteiger partial charge in [0.25, 0.3) is 5.56 Å². The number of pyridine rings is 1. The minimum absolute atomic E-state index is 0.270. The number of aryl methyl sites for hydroxylation is 1. The highest BCUT2D eigenvalue weighted by Gasteiger charge is 2.17. The average molecular weight is 361 g/mol. The van der Waals surface area contributed by atoms with Crippen LogP contribution in [0.15, 0.2) is 40.1 Å². The SMILES string of the molecule is Cn1c(=O)ccn(CCCCN2CCN(c3cccc(F)n3)CC2)c1=O. The molecule has 0 spiro atoms. The van der Waals surface area contributed by atoms with E-state index in [4.69, 9.17) is 0 Å². The molecule has 26 heavy (non-hydrogen) atoms. The molecule has 0 amide bonds. The van der Waals surface area contributed by atoms with Crippen LogP contribution in [0.1, 0.15) is 12.8 Å². The third-order valence-corrected chi connectivity index (χ3v) is 4.78. The first-order valence-electron chi connectivity index (χ1n) is 8.91. The van der Waals surface area contributed by atoms with Crippen molar-refractivity contribution in [1.29, 1.82) is 0 Å². The Labute approximate surface area is 151 Å². The second kappa shape index (κ2) is 8.27. The fourth-order valence-corrected chi connectivity index (χ4v) is 3.18. The summed E-state index contributed by atoms with van der Waals surface area (Å²) >= 11 is 0. The van der Waals surface area contributed by atoms with Gasteiger partial charge in [0, 0.05) is 52.0 Å². The van der Waals surface area contributed by atoms with Gasteiger partial charge in [-0.25, -0.2) is 9.78 Å². The molecule has 0 aromatic carbocycles. The highest BCUT2D eigenvalue weighted by atomic mass is 19.1. The van der Waals surface area contributed by atoms with Gasteiger partial charge in [-0.1, -0.05) is 6.07 Å². The standard InChI is InChI=1S/C18H24FN5O2/c1-21-17(25)7-10-24(18(21)26)9-3-2-8-22-11-13-23(14-12-22)16-6-4-5-15(19)20-16/h4-7,10H,2-3,8-9,11-14H2,1H3. The summed E-state index contributed by atoms with van der Waals surface area (Å²) < 4.78 is 15.9. The summed E-state index contributed by atoms with van der Waals surface area (Å²) in [6.07, 6.45) is 3.42. The van der Waals surface area contributed by atoms with Gasteiger partial charge < -0.3 is 9.47 Å². The van der Waals surface area contributed by atoms with Crippen molar-refractivity contribution in [3.63, 3.8) is 0 Å². The molecule has 0 aliphatic carbocycles. The van der Waals surface area contributed by atoms with Crippen LogP contribution < -0.4 is 16.1 Å². The van der Waals surface area contributed by atoms with E-state index in [1.54, 1.807) is 16.8 Å². The van der Waals surface area contributed by atoms with Crippen LogP contribution in [0.25, 0.3) is 0 Å². The van der Waals surface area contributed by atoms with Crippen molar-refractivity contribution in [3.8, 4) is 0 Å². The number of halogens is 1. The molecular weight excluding hydrogens is 337 g/mol. The Kier molecular flexibility index (Phi) is 5.82. The van der Waals surface area contributed by atoms with E-state index in [1.807, 2.05) is 6.07 Å². The zero-order valence-corrected chi connectivity index (χ0v) is 15.0. The number of aromatic nitrogens is 3. The summed E-state index contributed by atoms with van der Waals surface area (Å²) in [5, 5.41) is 0. The Morgan fingerprint density at radius 1 is 1.04 bits per heavy atom. The lowest BCUT2D eigenvalue weighted by Crippen LogP contribution is -2.47. The lowest BCUT2D eigenvalue weighted by Gasteiger charge is -2.35. The maximum atomic E-state index is 13.2. The van der Waals surface area contributed by atoms with Crippen LogP contribution in [0.5, 0.6) is 0 Å². The third kappa shape index (κ3) is 4.37. The minimum Gasteiger partial charge on any atom is -0.354 e. The molecule has 1 aliphatic heterocycles. The zero-order valence-electron chi connectivity index (χ0n) is 15.0. The number of nitrogens with zero attached hydrogens (tertiary/aromatic N) is 5. The Hall–Kier alpha value is -2.48. The number of rotatable bonds is 6. The molecule has 0 bridgehead atoms. The minimum atomic E-state index is -0.446. The number of anilines is 1. The van der Waals surface area contributed by atoms with Crippen molar-refractivity contribution >= 4 is 5.82 Å². The van der Waals surface area contributed by atoms with Gasteiger partial charge in [-0.2, -0.15) is 4.39 Å². The van der Waals surface area contributed by atoms with Crippen LogP contribution in [0.2, 0.25) is 0 Å². The van der Waals surface area contributed by atoms with Crippen LogP contribution in [0.3, 0.4) is 0 Å². The monoisotopic (exact) mass is 361 g/mol. The van der Waals surface area contributed by atoms with Gasteiger partial charge in [0.2, 0.25) is 5.95 Å². The van der Waals surface area contributed by atoms with Crippen LogP contribution in [-0.4, -0.2) is 51.7 Å². The van der Waals surface area contributed by atoms with E-state index in [0.717, 1.165) is 50.1 Å². The fraction of sp³-hybridized carbons (Fsp3) is 0.500. The van der Waals surface area contributed by atoms with Crippen molar-refractivity contribution < 1.29 is 4.39 Å². The summed E-state index contributed by atoms with van der Waals surface area (Å²) in [6.45, 7) is 5.06. The van der Waals surface area contributed by atoms with E-state index in [9.17, 15) is 14.0 Å². The molecule has 3 heterocycles. The topological polar surface area (TPSA) is 63.4 Å². The fourth-order valence-electron chi connectivity index (χ4n) is 3.18. The first-order valence-corrected chi connectivity index (χ1v) is 8.91. The molecular formula is C18H24FN5O2. The molecule has 0 unspecified atom stereocenters. The molecule has 1 saturated heterocycles. The molecule has 0 N–H and O–H groups in total. The van der Waals surface area contributed by atoms with Gasteiger partial charge in [0.1, 0.15) is 5.82 Å². The third-order valence-electron chi connectivity index (χ3n) is 4.78. The summed E-state index contributed by atoms with van der Waals surface area (Å²) in [4.78, 5) is 31.8. The highest BCUT2D eigenvalue weighted by molar-refractivity contribution is 5.38. The largest absolute Gasteiger partial charge is 0.354 e. The summed E-state index contributed by atoms with van der Waals surface area (Å²) in [6, 6.07) is 6.30. The van der Waals surface area contributed by atoms with Crippen LogP contribution in [0.4, 0.5) is 10.2 Å². The number of hydrogen-bond donors (Lipinski definition) is 0. The summed E-state index contributed by atoms with van der Waals surface area (Å²) in [5.41, 5.74) is -0.550. The van der Waals surface area contributed by atoms with Gasteiger partial charge in [0.05, 0.1) is 0 Å².